The lowest BCUT2D eigenvalue weighted by molar-refractivity contribution is -0.0572. The Kier molecular flexibility index (Phi) is 2.54. The average Bonchev–Trinajstić information content (AvgIpc) is 2.19. The molecule has 0 amide bonds. The van der Waals surface area contributed by atoms with Crippen LogP contribution in [0.1, 0.15) is 64.2 Å². The van der Waals surface area contributed by atoms with Crippen LogP contribution in [-0.2, 0) is 0 Å². The average molecular weight is 233 g/mol. The van der Waals surface area contributed by atoms with Crippen molar-refractivity contribution in [2.75, 3.05) is 6.54 Å². The molecule has 0 unspecified atom stereocenters. The van der Waals surface area contributed by atoms with Crippen LogP contribution in [0.15, 0.2) is 0 Å². The standard InChI is InChI=1S/C16H27N/c1-2-15(3-1)17-5-4-16-9-12-6-13(10-16)8-14(7-12)11-16/h12-15,17H,1-11H2. The van der Waals surface area contributed by atoms with Crippen LogP contribution in [0.2, 0.25) is 0 Å². The second-order valence-electron chi connectivity index (χ2n) is 7.75. The van der Waals surface area contributed by atoms with Gasteiger partial charge in [-0.3, -0.25) is 0 Å². The van der Waals surface area contributed by atoms with Gasteiger partial charge in [0.05, 0.1) is 0 Å². The van der Waals surface area contributed by atoms with Crippen molar-refractivity contribution in [1.29, 1.82) is 0 Å². The van der Waals surface area contributed by atoms with Crippen molar-refractivity contribution in [2.45, 2.75) is 70.3 Å². The maximum absolute atomic E-state index is 3.79. The van der Waals surface area contributed by atoms with Gasteiger partial charge in [0, 0.05) is 6.04 Å². The van der Waals surface area contributed by atoms with Crippen LogP contribution < -0.4 is 5.32 Å². The summed E-state index contributed by atoms with van der Waals surface area (Å²) in [5, 5.41) is 3.79. The molecule has 1 heteroatoms. The third-order valence-corrected chi connectivity index (χ3v) is 6.36. The van der Waals surface area contributed by atoms with E-state index in [9.17, 15) is 0 Å². The largest absolute Gasteiger partial charge is 0.314 e. The first-order chi connectivity index (χ1) is 8.31. The summed E-state index contributed by atoms with van der Waals surface area (Å²) >= 11 is 0. The van der Waals surface area contributed by atoms with E-state index >= 15 is 0 Å². The molecule has 0 radical (unpaired) electrons. The second kappa shape index (κ2) is 3.98. The Hall–Kier alpha value is -0.0400. The van der Waals surface area contributed by atoms with E-state index in [4.69, 9.17) is 0 Å². The van der Waals surface area contributed by atoms with Crippen molar-refractivity contribution in [2.24, 2.45) is 23.2 Å². The van der Waals surface area contributed by atoms with Gasteiger partial charge in [0.2, 0.25) is 0 Å². The van der Waals surface area contributed by atoms with Crippen LogP contribution in [0, 0.1) is 23.2 Å². The molecule has 17 heavy (non-hydrogen) atoms. The number of hydrogen-bond acceptors (Lipinski definition) is 1. The third-order valence-electron chi connectivity index (χ3n) is 6.36. The van der Waals surface area contributed by atoms with Crippen LogP contribution in [0.3, 0.4) is 0 Å². The first-order valence-corrected chi connectivity index (χ1v) is 8.05. The lowest BCUT2D eigenvalue weighted by Crippen LogP contribution is -2.47. The van der Waals surface area contributed by atoms with E-state index < -0.39 is 0 Å². The van der Waals surface area contributed by atoms with Gasteiger partial charge in [-0.25, -0.2) is 0 Å². The summed E-state index contributed by atoms with van der Waals surface area (Å²) in [7, 11) is 0. The minimum absolute atomic E-state index is 0.797. The summed E-state index contributed by atoms with van der Waals surface area (Å²) in [6.45, 7) is 1.32. The lowest BCUT2D eigenvalue weighted by Gasteiger charge is -2.57. The Bertz CT molecular complexity index is 257. The van der Waals surface area contributed by atoms with Crippen molar-refractivity contribution in [3.05, 3.63) is 0 Å². The fraction of sp³-hybridized carbons (Fsp3) is 1.00. The third kappa shape index (κ3) is 1.95. The minimum atomic E-state index is 0.797. The zero-order valence-electron chi connectivity index (χ0n) is 11.1. The van der Waals surface area contributed by atoms with Gasteiger partial charge in [0.1, 0.15) is 0 Å². The molecule has 1 nitrogen and oxygen atoms in total. The maximum Gasteiger partial charge on any atom is 0.00670 e. The molecule has 1 N–H and O–H groups in total. The Morgan fingerprint density at radius 2 is 1.47 bits per heavy atom. The monoisotopic (exact) mass is 233 g/mol. The van der Waals surface area contributed by atoms with E-state index in [0.29, 0.717) is 0 Å². The molecule has 4 bridgehead atoms. The van der Waals surface area contributed by atoms with Gasteiger partial charge >= 0.3 is 0 Å². The molecule has 5 fully saturated rings. The fourth-order valence-electron chi connectivity index (χ4n) is 5.75. The molecule has 0 aliphatic heterocycles. The van der Waals surface area contributed by atoms with Gasteiger partial charge < -0.3 is 5.32 Å². The summed E-state index contributed by atoms with van der Waals surface area (Å²) < 4.78 is 0. The van der Waals surface area contributed by atoms with E-state index in [-0.39, 0.29) is 0 Å². The van der Waals surface area contributed by atoms with E-state index in [0.717, 1.165) is 29.2 Å². The fourth-order valence-corrected chi connectivity index (χ4v) is 5.75. The second-order valence-corrected chi connectivity index (χ2v) is 7.75. The van der Waals surface area contributed by atoms with Gasteiger partial charge in [-0.2, -0.15) is 0 Å². The minimum Gasteiger partial charge on any atom is -0.314 e. The van der Waals surface area contributed by atoms with Crippen LogP contribution in [0.5, 0.6) is 0 Å². The number of nitrogens with one attached hydrogen (secondary N) is 1. The Morgan fingerprint density at radius 1 is 0.882 bits per heavy atom. The molecule has 0 spiro atoms. The zero-order valence-corrected chi connectivity index (χ0v) is 11.1. The highest BCUT2D eigenvalue weighted by Gasteiger charge is 2.50. The maximum atomic E-state index is 3.79. The van der Waals surface area contributed by atoms with E-state index in [1.54, 1.807) is 38.5 Å². The topological polar surface area (TPSA) is 12.0 Å². The molecule has 96 valence electrons. The number of hydrogen-bond donors (Lipinski definition) is 1. The quantitative estimate of drug-likeness (QED) is 0.780. The van der Waals surface area contributed by atoms with Crippen molar-refractivity contribution in [3.63, 3.8) is 0 Å². The first kappa shape index (κ1) is 10.8. The predicted octanol–water partition coefficient (Wildman–Crippen LogP) is 3.74. The van der Waals surface area contributed by atoms with E-state index in [1.807, 2.05) is 0 Å². The summed E-state index contributed by atoms with van der Waals surface area (Å²) in [5.74, 6) is 3.39. The van der Waals surface area contributed by atoms with Gasteiger partial charge in [-0.15, -0.1) is 0 Å². The SMILES string of the molecule is C1CC(NCCC23CC4CC(CC(C4)C2)C3)C1. The summed E-state index contributed by atoms with van der Waals surface area (Å²) in [4.78, 5) is 0. The predicted molar refractivity (Wildman–Crippen MR) is 70.9 cm³/mol. The molecule has 0 aromatic carbocycles. The zero-order chi connectivity index (χ0) is 11.3. The molecular weight excluding hydrogens is 206 g/mol. The molecule has 0 aromatic heterocycles. The highest BCUT2D eigenvalue weighted by molar-refractivity contribution is 5.01. The van der Waals surface area contributed by atoms with E-state index in [1.165, 1.54) is 32.2 Å². The van der Waals surface area contributed by atoms with Gasteiger partial charge in [-0.05, 0) is 87.5 Å². The van der Waals surface area contributed by atoms with E-state index in [2.05, 4.69) is 5.32 Å². The van der Waals surface area contributed by atoms with Crippen LogP contribution in [0.25, 0.3) is 0 Å². The first-order valence-electron chi connectivity index (χ1n) is 8.05. The Morgan fingerprint density at radius 3 is 1.94 bits per heavy atom. The number of rotatable bonds is 4. The van der Waals surface area contributed by atoms with Crippen molar-refractivity contribution in [1.82, 2.24) is 5.32 Å². The summed E-state index contributed by atoms with van der Waals surface area (Å²) in [5.41, 5.74) is 0.797. The van der Waals surface area contributed by atoms with Gasteiger partial charge in [-0.1, -0.05) is 6.42 Å². The lowest BCUT2D eigenvalue weighted by atomic mass is 9.49. The molecule has 0 saturated heterocycles. The van der Waals surface area contributed by atoms with Crippen molar-refractivity contribution < 1.29 is 0 Å². The van der Waals surface area contributed by atoms with Crippen molar-refractivity contribution in [3.8, 4) is 0 Å². The molecule has 0 heterocycles. The molecule has 0 atom stereocenters. The van der Waals surface area contributed by atoms with Gasteiger partial charge in [0.25, 0.3) is 0 Å². The summed E-state index contributed by atoms with van der Waals surface area (Å²) in [6.07, 6.45) is 15.4. The molecular formula is C16H27N. The Balaban J connectivity index is 1.35. The molecule has 5 aliphatic rings. The highest BCUT2D eigenvalue weighted by Crippen LogP contribution is 2.61. The summed E-state index contributed by atoms with van der Waals surface area (Å²) in [6, 6.07) is 0.893. The van der Waals surface area contributed by atoms with Gasteiger partial charge in [0.15, 0.2) is 0 Å². The van der Waals surface area contributed by atoms with Crippen LogP contribution in [0.4, 0.5) is 0 Å². The normalized spacial score (nSPS) is 48.4. The molecule has 5 saturated carbocycles. The smallest absolute Gasteiger partial charge is 0.00670 e. The highest BCUT2D eigenvalue weighted by atomic mass is 14.9. The Labute approximate surface area is 106 Å². The molecule has 5 rings (SSSR count). The van der Waals surface area contributed by atoms with Crippen LogP contribution in [-0.4, -0.2) is 12.6 Å². The van der Waals surface area contributed by atoms with Crippen molar-refractivity contribution >= 4 is 0 Å². The molecule has 0 aromatic rings. The molecule has 5 aliphatic carbocycles. The van der Waals surface area contributed by atoms with Crippen LogP contribution >= 0.6 is 0 Å².